The lowest BCUT2D eigenvalue weighted by Gasteiger charge is -2.20. The van der Waals surface area contributed by atoms with Crippen molar-refractivity contribution in [3.05, 3.63) is 97.2 Å². The fourth-order valence-corrected chi connectivity index (χ4v) is 6.26. The first-order chi connectivity index (χ1) is 28.3. The van der Waals surface area contributed by atoms with Gasteiger partial charge in [-0.05, 0) is 83.5 Å². The van der Waals surface area contributed by atoms with Crippen molar-refractivity contribution in [2.24, 2.45) is 0 Å². The molecule has 0 radical (unpaired) electrons. The summed E-state index contributed by atoms with van der Waals surface area (Å²) in [5, 5.41) is 18.4. The van der Waals surface area contributed by atoms with Gasteiger partial charge in [-0.15, -0.1) is 0 Å². The maximum atomic E-state index is 12.6. The lowest BCUT2D eigenvalue weighted by molar-refractivity contribution is -0.154. The maximum Gasteiger partial charge on any atom is 0.472 e. The molecule has 0 aliphatic rings. The quantitative estimate of drug-likeness (QED) is 0.0238. The molecule has 0 aromatic heterocycles. The molecule has 9 nitrogen and oxygen atoms in total. The summed E-state index contributed by atoms with van der Waals surface area (Å²) in [6, 6.07) is 0. The van der Waals surface area contributed by atoms with Gasteiger partial charge in [0.25, 0.3) is 0 Å². The Morgan fingerprint density at radius 2 is 0.931 bits per heavy atom. The highest BCUT2D eigenvalue weighted by atomic mass is 31.2. The number of hydrogen-bond donors (Lipinski definition) is 3. The van der Waals surface area contributed by atoms with Gasteiger partial charge in [0.05, 0.1) is 26.4 Å². The summed E-state index contributed by atoms with van der Waals surface area (Å²) in [5.74, 6) is -0.410. The third kappa shape index (κ3) is 43.0. The average Bonchev–Trinajstić information content (AvgIpc) is 3.21. The number of ether oxygens (including phenoxy) is 2. The first kappa shape index (κ1) is 55.4. The second-order valence-corrected chi connectivity index (χ2v) is 15.8. The minimum atomic E-state index is -4.54. The number of aliphatic hydroxyl groups is 2. The molecule has 332 valence electrons. The Hall–Kier alpha value is -2.62. The van der Waals surface area contributed by atoms with E-state index in [0.717, 1.165) is 89.9 Å². The summed E-state index contributed by atoms with van der Waals surface area (Å²) in [7, 11) is -4.54. The Morgan fingerprint density at radius 1 is 0.534 bits per heavy atom. The van der Waals surface area contributed by atoms with Gasteiger partial charge in [0.2, 0.25) is 0 Å². The molecule has 0 fully saturated rings. The SMILES string of the molecule is CC/C=C\C/C=C\C/C=C\C/C=C\CCCCCCCCCCCCC(=O)OC(COCCC/C=C\C/C=C\C/C=C\C/C=C\CC)COP(=O)(O)OCC(O)CO. The highest BCUT2D eigenvalue weighted by molar-refractivity contribution is 7.47. The van der Waals surface area contributed by atoms with Crippen molar-refractivity contribution in [1.82, 2.24) is 0 Å². The molecule has 10 heteroatoms. The largest absolute Gasteiger partial charge is 0.472 e. The van der Waals surface area contributed by atoms with Gasteiger partial charge in [-0.3, -0.25) is 13.8 Å². The Balaban J connectivity index is 4.20. The highest BCUT2D eigenvalue weighted by Gasteiger charge is 2.26. The summed E-state index contributed by atoms with van der Waals surface area (Å²) < 4.78 is 33.3. The smallest absolute Gasteiger partial charge is 0.457 e. The first-order valence-corrected chi connectivity index (χ1v) is 23.7. The van der Waals surface area contributed by atoms with Crippen LogP contribution in [0.15, 0.2) is 97.2 Å². The van der Waals surface area contributed by atoms with E-state index in [0.29, 0.717) is 13.0 Å². The zero-order chi connectivity index (χ0) is 42.5. The van der Waals surface area contributed by atoms with E-state index in [4.69, 9.17) is 23.6 Å². The molecule has 3 N–H and O–H groups in total. The van der Waals surface area contributed by atoms with Crippen molar-refractivity contribution in [1.29, 1.82) is 0 Å². The summed E-state index contributed by atoms with van der Waals surface area (Å²) in [4.78, 5) is 22.6. The number of carbonyl (C=O) groups is 1. The number of rotatable bonds is 41. The van der Waals surface area contributed by atoms with Crippen LogP contribution in [0.5, 0.6) is 0 Å². The van der Waals surface area contributed by atoms with Crippen LogP contribution in [0, 0.1) is 0 Å². The molecule has 0 aromatic rings. The monoisotopic (exact) mass is 833 g/mol. The molecule has 0 rings (SSSR count). The summed E-state index contributed by atoms with van der Waals surface area (Å²) in [5.41, 5.74) is 0. The number of hydrogen-bond acceptors (Lipinski definition) is 8. The van der Waals surface area contributed by atoms with Gasteiger partial charge in [0.1, 0.15) is 12.2 Å². The zero-order valence-corrected chi connectivity index (χ0v) is 37.1. The van der Waals surface area contributed by atoms with Gasteiger partial charge in [0.15, 0.2) is 0 Å². The van der Waals surface area contributed by atoms with Crippen LogP contribution in [0.25, 0.3) is 0 Å². The van der Waals surface area contributed by atoms with Crippen LogP contribution in [0.2, 0.25) is 0 Å². The van der Waals surface area contributed by atoms with Gasteiger partial charge in [-0.1, -0.05) is 162 Å². The van der Waals surface area contributed by atoms with Crippen LogP contribution in [0.3, 0.4) is 0 Å². The minimum absolute atomic E-state index is 0.00362. The lowest BCUT2D eigenvalue weighted by Crippen LogP contribution is -2.29. The molecule has 0 bridgehead atoms. The summed E-state index contributed by atoms with van der Waals surface area (Å²) >= 11 is 0. The van der Waals surface area contributed by atoms with Gasteiger partial charge < -0.3 is 24.6 Å². The van der Waals surface area contributed by atoms with Crippen LogP contribution >= 0.6 is 7.82 Å². The Morgan fingerprint density at radius 3 is 1.40 bits per heavy atom. The lowest BCUT2D eigenvalue weighted by atomic mass is 10.0. The van der Waals surface area contributed by atoms with Crippen molar-refractivity contribution in [2.75, 3.05) is 33.0 Å². The van der Waals surface area contributed by atoms with Crippen LogP contribution in [0.1, 0.15) is 155 Å². The number of phosphoric acid groups is 1. The third-order valence-corrected chi connectivity index (χ3v) is 9.72. The number of phosphoric ester groups is 1. The fraction of sp³-hybridized carbons (Fsp3) is 0.646. The predicted molar refractivity (Wildman–Crippen MR) is 242 cm³/mol. The Bertz CT molecular complexity index is 1220. The second kappa shape index (κ2) is 43.9. The number of allylic oxidation sites excluding steroid dienone is 16. The maximum absolute atomic E-state index is 12.6. The summed E-state index contributed by atoms with van der Waals surface area (Å²) in [6.07, 6.45) is 55.2. The van der Waals surface area contributed by atoms with Gasteiger partial charge >= 0.3 is 13.8 Å². The highest BCUT2D eigenvalue weighted by Crippen LogP contribution is 2.43. The molecular weight excluding hydrogens is 751 g/mol. The van der Waals surface area contributed by atoms with Crippen LogP contribution in [0.4, 0.5) is 0 Å². The van der Waals surface area contributed by atoms with Crippen LogP contribution in [-0.4, -0.2) is 66.3 Å². The first-order valence-electron chi connectivity index (χ1n) is 22.2. The van der Waals surface area contributed by atoms with Crippen molar-refractivity contribution in [3.63, 3.8) is 0 Å². The Labute approximate surface area is 353 Å². The standard InChI is InChI=1S/C48H81O9P/c1-3-5-7-9-11-13-15-17-19-20-21-22-23-24-25-26-27-28-30-32-34-36-38-40-48(51)57-47(45-56-58(52,53)55-43-46(50)42-49)44-54-41-39-37-35-33-31-29-18-16-14-12-10-8-6-4-2/h5-8,11-14,17-19,21-22,29,33,35,46-47,49-50H,3-4,9-10,15-16,20,23-28,30-32,34,36-45H2,1-2H3,(H,52,53)/b7-5-,8-6-,13-11-,14-12-,19-17-,22-21-,29-18-,35-33-. The Kier molecular flexibility index (Phi) is 42.0. The van der Waals surface area contributed by atoms with Crippen LogP contribution in [-0.2, 0) is 27.9 Å². The molecule has 3 unspecified atom stereocenters. The second-order valence-electron chi connectivity index (χ2n) is 14.3. The normalized spacial score (nSPS) is 14.9. The summed E-state index contributed by atoms with van der Waals surface area (Å²) in [6.45, 7) is 3.11. The molecule has 58 heavy (non-hydrogen) atoms. The number of carbonyl (C=O) groups excluding carboxylic acids is 1. The van der Waals surface area contributed by atoms with E-state index in [9.17, 15) is 19.4 Å². The van der Waals surface area contributed by atoms with E-state index >= 15 is 0 Å². The topological polar surface area (TPSA) is 132 Å². The molecule has 0 aromatic carbocycles. The van der Waals surface area contributed by atoms with E-state index in [1.807, 2.05) is 0 Å². The zero-order valence-electron chi connectivity index (χ0n) is 36.2. The molecule has 0 amide bonds. The van der Waals surface area contributed by atoms with Gasteiger partial charge in [-0.25, -0.2) is 4.57 Å². The van der Waals surface area contributed by atoms with E-state index in [1.165, 1.54) is 38.5 Å². The number of aliphatic hydroxyl groups excluding tert-OH is 2. The average molecular weight is 833 g/mol. The molecule has 0 saturated heterocycles. The molecular formula is C48H81O9P. The third-order valence-electron chi connectivity index (χ3n) is 8.77. The van der Waals surface area contributed by atoms with Crippen molar-refractivity contribution in [3.8, 4) is 0 Å². The van der Waals surface area contributed by atoms with Crippen molar-refractivity contribution < 1.29 is 43.0 Å². The number of esters is 1. The van der Waals surface area contributed by atoms with E-state index in [-0.39, 0.29) is 13.0 Å². The van der Waals surface area contributed by atoms with Crippen molar-refractivity contribution in [2.45, 2.75) is 167 Å². The number of unbranched alkanes of at least 4 members (excludes halogenated alkanes) is 11. The fourth-order valence-electron chi connectivity index (χ4n) is 5.47. The molecule has 0 aliphatic heterocycles. The van der Waals surface area contributed by atoms with Crippen molar-refractivity contribution >= 4 is 13.8 Å². The predicted octanol–water partition coefficient (Wildman–Crippen LogP) is 12.5. The molecule has 0 saturated carbocycles. The molecule has 0 spiro atoms. The van der Waals surface area contributed by atoms with E-state index in [2.05, 4.69) is 111 Å². The van der Waals surface area contributed by atoms with E-state index < -0.39 is 45.8 Å². The van der Waals surface area contributed by atoms with Crippen LogP contribution < -0.4 is 0 Å². The van der Waals surface area contributed by atoms with E-state index in [1.54, 1.807) is 0 Å². The minimum Gasteiger partial charge on any atom is -0.457 e. The molecule has 0 heterocycles. The van der Waals surface area contributed by atoms with Gasteiger partial charge in [0, 0.05) is 13.0 Å². The molecule has 0 aliphatic carbocycles. The molecule has 3 atom stereocenters. The van der Waals surface area contributed by atoms with Gasteiger partial charge in [-0.2, -0.15) is 0 Å².